The van der Waals surface area contributed by atoms with Crippen LogP contribution in [0.2, 0.25) is 0 Å². The van der Waals surface area contributed by atoms with Crippen LogP contribution in [0.1, 0.15) is 21.5 Å². The molecule has 3 heterocycles. The number of rotatable bonds is 6. The van der Waals surface area contributed by atoms with Crippen molar-refractivity contribution in [3.8, 4) is 17.2 Å². The lowest BCUT2D eigenvalue weighted by Crippen LogP contribution is -2.46. The van der Waals surface area contributed by atoms with E-state index in [9.17, 15) is 33.6 Å². The minimum Gasteiger partial charge on any atom is -0.477 e. The van der Waals surface area contributed by atoms with Crippen molar-refractivity contribution < 1.29 is 33.1 Å². The Hall–Kier alpha value is -5.04. The van der Waals surface area contributed by atoms with E-state index in [-0.39, 0.29) is 34.8 Å². The molecule has 1 aromatic heterocycles. The van der Waals surface area contributed by atoms with Crippen molar-refractivity contribution in [3.63, 3.8) is 0 Å². The first-order valence-electron chi connectivity index (χ1n) is 13.0. The molecule has 6 rings (SSSR count). The third kappa shape index (κ3) is 4.67. The fourth-order valence-electron chi connectivity index (χ4n) is 5.64. The Morgan fingerprint density at radius 2 is 1.79 bits per heavy atom. The number of carboxylic acids is 1. The first-order chi connectivity index (χ1) is 20.1. The molecule has 11 nitrogen and oxygen atoms in total. The maximum atomic E-state index is 15.0. The molecule has 0 radical (unpaired) electrons. The quantitative estimate of drug-likeness (QED) is 0.264. The number of aromatic carboxylic acids is 1. The zero-order valence-electron chi connectivity index (χ0n) is 22.3. The number of ether oxygens (including phenoxy) is 2. The number of anilines is 1. The van der Waals surface area contributed by atoms with E-state index in [1.165, 1.54) is 0 Å². The summed E-state index contributed by atoms with van der Waals surface area (Å²) in [6.45, 7) is 4.35. The van der Waals surface area contributed by atoms with Gasteiger partial charge >= 0.3 is 5.97 Å². The highest BCUT2D eigenvalue weighted by molar-refractivity contribution is 5.98. The van der Waals surface area contributed by atoms with Gasteiger partial charge in [-0.25, -0.2) is 13.6 Å². The molecule has 1 saturated heterocycles. The van der Waals surface area contributed by atoms with Crippen LogP contribution < -0.4 is 19.8 Å². The molecule has 4 aromatic rings. The molecule has 2 aliphatic heterocycles. The smallest absolute Gasteiger partial charge is 0.341 e. The van der Waals surface area contributed by atoms with Crippen LogP contribution in [0.3, 0.4) is 0 Å². The number of benzene rings is 3. The van der Waals surface area contributed by atoms with E-state index in [0.717, 1.165) is 34.5 Å². The summed E-state index contributed by atoms with van der Waals surface area (Å²) in [4.78, 5) is 40.8. The zero-order valence-corrected chi connectivity index (χ0v) is 22.3. The highest BCUT2D eigenvalue weighted by Crippen LogP contribution is 2.39. The van der Waals surface area contributed by atoms with Crippen LogP contribution in [-0.4, -0.2) is 58.4 Å². The van der Waals surface area contributed by atoms with Crippen LogP contribution in [-0.2, 0) is 6.54 Å². The molecular weight excluding hydrogens is 554 g/mol. The van der Waals surface area contributed by atoms with E-state index in [1.54, 1.807) is 6.92 Å². The number of nitro groups is 1. The lowest BCUT2D eigenvalue weighted by Gasteiger charge is -2.36. The maximum absolute atomic E-state index is 15.0. The predicted octanol–water partition coefficient (Wildman–Crippen LogP) is 4.23. The summed E-state index contributed by atoms with van der Waals surface area (Å²) in [5.41, 5.74) is -0.558. The molecule has 0 spiro atoms. The number of aromatic nitrogens is 1. The minimum atomic E-state index is -1.58. The number of nitro benzene ring substituents is 1. The Kier molecular flexibility index (Phi) is 6.73. The molecule has 3 aromatic carbocycles. The molecule has 1 N–H and O–H groups in total. The van der Waals surface area contributed by atoms with Crippen LogP contribution in [0, 0.1) is 28.7 Å². The van der Waals surface area contributed by atoms with Gasteiger partial charge < -0.3 is 24.0 Å². The third-order valence-electron chi connectivity index (χ3n) is 7.61. The third-order valence-corrected chi connectivity index (χ3v) is 7.61. The standard InChI is InChI=1S/C29H24F2N4O7/c1-16-26-19(28(36)20(29(37)38)14-34(26)22-4-3-18(30)11-21(22)31)12-23(35(39)40)27(16)33-8-6-32(7-9-33)13-17-2-5-24-25(10-17)42-15-41-24/h2-5,10-12,14H,6-9,13,15H2,1H3,(H,37,38). The SMILES string of the molecule is Cc1c(N2CCN(Cc3ccc4c(c3)OCO4)CC2)c([N+](=O)[O-])cc2c(=O)c(C(=O)O)cn(-c3ccc(F)cc3F)c12. The largest absolute Gasteiger partial charge is 0.477 e. The highest BCUT2D eigenvalue weighted by atomic mass is 19.1. The van der Waals surface area contributed by atoms with Crippen molar-refractivity contribution in [2.24, 2.45) is 0 Å². The number of hydrogen-bond donors (Lipinski definition) is 1. The average molecular weight is 579 g/mol. The molecule has 0 atom stereocenters. The van der Waals surface area contributed by atoms with Gasteiger partial charge in [0.15, 0.2) is 11.5 Å². The second-order valence-electron chi connectivity index (χ2n) is 10.1. The second kappa shape index (κ2) is 10.4. The van der Waals surface area contributed by atoms with E-state index in [4.69, 9.17) is 9.47 Å². The molecule has 0 unspecified atom stereocenters. The van der Waals surface area contributed by atoms with Gasteiger partial charge in [0, 0.05) is 56.6 Å². The van der Waals surface area contributed by atoms with E-state index in [0.29, 0.717) is 55.9 Å². The van der Waals surface area contributed by atoms with Gasteiger partial charge in [-0.1, -0.05) is 6.07 Å². The van der Waals surface area contributed by atoms with Gasteiger partial charge in [-0.2, -0.15) is 0 Å². The number of nitrogens with zero attached hydrogens (tertiary/aromatic N) is 4. The van der Waals surface area contributed by atoms with Gasteiger partial charge in [0.25, 0.3) is 5.69 Å². The summed E-state index contributed by atoms with van der Waals surface area (Å²) < 4.78 is 40.6. The van der Waals surface area contributed by atoms with Gasteiger partial charge in [-0.3, -0.25) is 19.8 Å². The normalized spacial score (nSPS) is 14.9. The Bertz CT molecular complexity index is 1830. The lowest BCUT2D eigenvalue weighted by atomic mass is 10.0. The fourth-order valence-corrected chi connectivity index (χ4v) is 5.64. The summed E-state index contributed by atoms with van der Waals surface area (Å²) >= 11 is 0. The van der Waals surface area contributed by atoms with Crippen molar-refractivity contribution >= 4 is 28.2 Å². The summed E-state index contributed by atoms with van der Waals surface area (Å²) in [6.07, 6.45) is 0.967. The number of aryl methyl sites for hydroxylation is 1. The molecule has 13 heteroatoms. The van der Waals surface area contributed by atoms with Crippen LogP contribution >= 0.6 is 0 Å². The average Bonchev–Trinajstić information content (AvgIpc) is 3.42. The summed E-state index contributed by atoms with van der Waals surface area (Å²) in [5, 5.41) is 21.7. The molecule has 0 saturated carbocycles. The van der Waals surface area contributed by atoms with E-state index in [1.807, 2.05) is 23.1 Å². The zero-order chi connectivity index (χ0) is 29.7. The monoisotopic (exact) mass is 578 g/mol. The first-order valence-corrected chi connectivity index (χ1v) is 13.0. The van der Waals surface area contributed by atoms with Crippen LogP contribution in [0.5, 0.6) is 11.5 Å². The molecular formula is C29H24F2N4O7. The van der Waals surface area contributed by atoms with Crippen LogP contribution in [0.25, 0.3) is 16.6 Å². The van der Waals surface area contributed by atoms with E-state index >= 15 is 0 Å². The van der Waals surface area contributed by atoms with Gasteiger partial charge in [-0.15, -0.1) is 0 Å². The summed E-state index contributed by atoms with van der Waals surface area (Å²) in [7, 11) is 0. The van der Waals surface area contributed by atoms with Crippen LogP contribution in [0.15, 0.2) is 53.5 Å². The molecule has 1 fully saturated rings. The number of piperazine rings is 1. The number of pyridine rings is 1. The molecule has 42 heavy (non-hydrogen) atoms. The maximum Gasteiger partial charge on any atom is 0.341 e. The summed E-state index contributed by atoms with van der Waals surface area (Å²) in [5.74, 6) is -2.04. The molecule has 0 aliphatic carbocycles. The first kappa shape index (κ1) is 27.1. The molecule has 0 bridgehead atoms. The van der Waals surface area contributed by atoms with Crippen molar-refractivity contribution in [2.75, 3.05) is 37.9 Å². The van der Waals surface area contributed by atoms with Gasteiger partial charge in [0.1, 0.15) is 22.9 Å². The number of carboxylic acid groups (broad SMARTS) is 1. The Morgan fingerprint density at radius 3 is 2.48 bits per heavy atom. The van der Waals surface area contributed by atoms with Gasteiger partial charge in [0.2, 0.25) is 12.2 Å². The second-order valence-corrected chi connectivity index (χ2v) is 10.1. The van der Waals surface area contributed by atoms with Crippen molar-refractivity contribution in [1.82, 2.24) is 9.47 Å². The number of halogens is 2. The summed E-state index contributed by atoms with van der Waals surface area (Å²) in [6, 6.07) is 9.54. The topological polar surface area (TPSA) is 127 Å². The Balaban J connectivity index is 1.41. The number of carbonyl (C=O) groups is 1. The number of hydrogen-bond acceptors (Lipinski definition) is 8. The molecule has 0 amide bonds. The van der Waals surface area contributed by atoms with Gasteiger partial charge in [-0.05, 0) is 36.8 Å². The Labute approximate surface area is 236 Å². The van der Waals surface area contributed by atoms with Gasteiger partial charge in [0.05, 0.1) is 21.5 Å². The van der Waals surface area contributed by atoms with Crippen molar-refractivity contribution in [1.29, 1.82) is 0 Å². The lowest BCUT2D eigenvalue weighted by molar-refractivity contribution is -0.384. The van der Waals surface area contributed by atoms with E-state index < -0.39 is 33.5 Å². The Morgan fingerprint density at radius 1 is 1.05 bits per heavy atom. The van der Waals surface area contributed by atoms with Crippen molar-refractivity contribution in [3.05, 3.63) is 97.3 Å². The fraction of sp³-hybridized carbons (Fsp3) is 0.241. The molecule has 2 aliphatic rings. The van der Waals surface area contributed by atoms with Crippen molar-refractivity contribution in [2.45, 2.75) is 13.5 Å². The molecule has 216 valence electrons. The van der Waals surface area contributed by atoms with E-state index in [2.05, 4.69) is 4.90 Å². The highest BCUT2D eigenvalue weighted by Gasteiger charge is 2.30. The van der Waals surface area contributed by atoms with Crippen LogP contribution in [0.4, 0.5) is 20.2 Å². The minimum absolute atomic E-state index is 0.0962. The number of fused-ring (bicyclic) bond motifs is 2. The predicted molar refractivity (Wildman–Crippen MR) is 148 cm³/mol.